The Morgan fingerprint density at radius 3 is 2.27 bits per heavy atom. The third-order valence-corrected chi connectivity index (χ3v) is 4.64. The second kappa shape index (κ2) is 8.45. The summed E-state index contributed by atoms with van der Waals surface area (Å²) in [6.45, 7) is 0. The van der Waals surface area contributed by atoms with Gasteiger partial charge in [0.05, 0.1) is 5.75 Å². The monoisotopic (exact) mass is 365 g/mol. The summed E-state index contributed by atoms with van der Waals surface area (Å²) in [6.07, 6.45) is 0. The highest BCUT2D eigenvalue weighted by atomic mass is 32.2. The summed E-state index contributed by atoms with van der Waals surface area (Å²) in [6, 6.07) is 21.8. The van der Waals surface area contributed by atoms with Gasteiger partial charge in [0.1, 0.15) is 5.82 Å². The number of amides is 1. The van der Waals surface area contributed by atoms with Gasteiger partial charge in [-0.3, -0.25) is 9.59 Å². The lowest BCUT2D eigenvalue weighted by atomic mass is 10.0. The number of hydrogen-bond acceptors (Lipinski definition) is 3. The van der Waals surface area contributed by atoms with Crippen molar-refractivity contribution in [1.82, 2.24) is 0 Å². The molecule has 0 aliphatic heterocycles. The topological polar surface area (TPSA) is 46.2 Å². The third-order valence-electron chi connectivity index (χ3n) is 3.63. The Labute approximate surface area is 155 Å². The van der Waals surface area contributed by atoms with Crippen molar-refractivity contribution in [2.75, 3.05) is 11.1 Å². The molecule has 3 rings (SSSR count). The van der Waals surface area contributed by atoms with E-state index in [1.165, 1.54) is 23.9 Å². The SMILES string of the molecule is O=C(CSc1ccc(F)cc1)Nc1cccc(C(=O)c2ccccc2)c1. The van der Waals surface area contributed by atoms with Crippen LogP contribution in [-0.4, -0.2) is 17.4 Å². The average molecular weight is 365 g/mol. The van der Waals surface area contributed by atoms with Gasteiger partial charge in [-0.05, 0) is 36.4 Å². The zero-order valence-corrected chi connectivity index (χ0v) is 14.6. The van der Waals surface area contributed by atoms with E-state index >= 15 is 0 Å². The van der Waals surface area contributed by atoms with Gasteiger partial charge in [-0.1, -0.05) is 42.5 Å². The molecule has 0 spiro atoms. The largest absolute Gasteiger partial charge is 0.325 e. The minimum atomic E-state index is -0.307. The minimum absolute atomic E-state index is 0.0950. The number of nitrogens with one attached hydrogen (secondary N) is 1. The molecule has 3 nitrogen and oxygen atoms in total. The van der Waals surface area contributed by atoms with Crippen LogP contribution in [0.25, 0.3) is 0 Å². The molecule has 3 aromatic rings. The van der Waals surface area contributed by atoms with E-state index < -0.39 is 0 Å². The number of halogens is 1. The van der Waals surface area contributed by atoms with Crippen LogP contribution in [-0.2, 0) is 4.79 Å². The van der Waals surface area contributed by atoms with Crippen molar-refractivity contribution < 1.29 is 14.0 Å². The van der Waals surface area contributed by atoms with Gasteiger partial charge in [-0.25, -0.2) is 4.39 Å². The predicted octanol–water partition coefficient (Wildman–Crippen LogP) is 4.79. The van der Waals surface area contributed by atoms with Gasteiger partial charge in [-0.15, -0.1) is 11.8 Å². The zero-order chi connectivity index (χ0) is 18.4. The van der Waals surface area contributed by atoms with Crippen LogP contribution in [0.4, 0.5) is 10.1 Å². The lowest BCUT2D eigenvalue weighted by molar-refractivity contribution is -0.113. The molecule has 0 radical (unpaired) electrons. The van der Waals surface area contributed by atoms with Gasteiger partial charge < -0.3 is 5.32 Å². The first-order valence-corrected chi connectivity index (χ1v) is 8.98. The molecule has 1 N–H and O–H groups in total. The van der Waals surface area contributed by atoms with E-state index in [0.717, 1.165) is 4.90 Å². The summed E-state index contributed by atoms with van der Waals surface area (Å²) in [7, 11) is 0. The number of carbonyl (C=O) groups excluding carboxylic acids is 2. The van der Waals surface area contributed by atoms with Gasteiger partial charge >= 0.3 is 0 Å². The van der Waals surface area contributed by atoms with E-state index in [1.807, 2.05) is 18.2 Å². The molecule has 1 amide bonds. The van der Waals surface area contributed by atoms with Crippen LogP contribution in [0.1, 0.15) is 15.9 Å². The average Bonchev–Trinajstić information content (AvgIpc) is 2.68. The second-order valence-corrected chi connectivity index (χ2v) is 6.62. The van der Waals surface area contributed by atoms with Crippen molar-refractivity contribution in [3.8, 4) is 0 Å². The van der Waals surface area contributed by atoms with Crippen LogP contribution in [0, 0.1) is 5.82 Å². The fourth-order valence-corrected chi connectivity index (χ4v) is 3.07. The molecule has 5 heteroatoms. The highest BCUT2D eigenvalue weighted by Gasteiger charge is 2.10. The maximum absolute atomic E-state index is 12.9. The molecule has 0 aliphatic rings. The molecule has 0 atom stereocenters. The van der Waals surface area contributed by atoms with Crippen LogP contribution in [0.15, 0.2) is 83.8 Å². The molecular weight excluding hydrogens is 349 g/mol. The Hall–Kier alpha value is -2.92. The molecule has 3 aromatic carbocycles. The third kappa shape index (κ3) is 4.80. The fourth-order valence-electron chi connectivity index (χ4n) is 2.37. The van der Waals surface area contributed by atoms with E-state index in [4.69, 9.17) is 0 Å². The first kappa shape index (κ1) is 17.9. The Kier molecular flexibility index (Phi) is 5.81. The number of ketones is 1. The van der Waals surface area contributed by atoms with Crippen LogP contribution in [0.5, 0.6) is 0 Å². The maximum Gasteiger partial charge on any atom is 0.234 e. The number of anilines is 1. The van der Waals surface area contributed by atoms with Crippen LogP contribution >= 0.6 is 11.8 Å². The molecule has 0 fully saturated rings. The van der Waals surface area contributed by atoms with Crippen molar-refractivity contribution in [3.63, 3.8) is 0 Å². The summed E-state index contributed by atoms with van der Waals surface area (Å²) >= 11 is 1.32. The normalized spacial score (nSPS) is 10.3. The van der Waals surface area contributed by atoms with E-state index in [9.17, 15) is 14.0 Å². The van der Waals surface area contributed by atoms with Gasteiger partial charge in [0, 0.05) is 21.7 Å². The van der Waals surface area contributed by atoms with Crippen molar-refractivity contribution >= 4 is 29.1 Å². The highest BCUT2D eigenvalue weighted by Crippen LogP contribution is 2.19. The summed E-state index contributed by atoms with van der Waals surface area (Å²) in [5, 5.41) is 2.78. The molecule has 0 bridgehead atoms. The zero-order valence-electron chi connectivity index (χ0n) is 13.8. The fraction of sp³-hybridized carbons (Fsp3) is 0.0476. The minimum Gasteiger partial charge on any atom is -0.325 e. The number of benzene rings is 3. The van der Waals surface area contributed by atoms with E-state index in [1.54, 1.807) is 48.5 Å². The smallest absolute Gasteiger partial charge is 0.234 e. The summed E-state index contributed by atoms with van der Waals surface area (Å²) in [4.78, 5) is 25.4. The number of hydrogen-bond donors (Lipinski definition) is 1. The first-order valence-electron chi connectivity index (χ1n) is 8.00. The predicted molar refractivity (Wildman–Crippen MR) is 102 cm³/mol. The molecule has 0 heterocycles. The first-order chi connectivity index (χ1) is 12.6. The van der Waals surface area contributed by atoms with E-state index in [2.05, 4.69) is 5.32 Å². The summed E-state index contributed by atoms with van der Waals surface area (Å²) < 4.78 is 12.9. The lowest BCUT2D eigenvalue weighted by Gasteiger charge is -2.07. The van der Waals surface area contributed by atoms with Gasteiger partial charge in [0.25, 0.3) is 0 Å². The van der Waals surface area contributed by atoms with Crippen LogP contribution < -0.4 is 5.32 Å². The maximum atomic E-state index is 12.9. The number of thioether (sulfide) groups is 1. The Bertz CT molecular complexity index is 911. The van der Waals surface area contributed by atoms with Gasteiger partial charge in [0.15, 0.2) is 5.78 Å². The molecule has 130 valence electrons. The molecule has 26 heavy (non-hydrogen) atoms. The number of carbonyl (C=O) groups is 2. The quantitative estimate of drug-likeness (QED) is 0.505. The van der Waals surface area contributed by atoms with Crippen LogP contribution in [0.3, 0.4) is 0 Å². The highest BCUT2D eigenvalue weighted by molar-refractivity contribution is 8.00. The molecule has 0 aliphatic carbocycles. The van der Waals surface area contributed by atoms with E-state index in [0.29, 0.717) is 16.8 Å². The molecule has 0 saturated carbocycles. The standard InChI is InChI=1S/C21H16FNO2S/c22-17-9-11-19(12-10-17)26-14-20(24)23-18-8-4-7-16(13-18)21(25)15-5-2-1-3-6-15/h1-13H,14H2,(H,23,24). The Morgan fingerprint density at radius 1 is 0.846 bits per heavy atom. The summed E-state index contributed by atoms with van der Waals surface area (Å²) in [5.74, 6) is -0.396. The van der Waals surface area contributed by atoms with Crippen molar-refractivity contribution in [2.45, 2.75) is 4.90 Å². The lowest BCUT2D eigenvalue weighted by Crippen LogP contribution is -2.14. The van der Waals surface area contributed by atoms with Crippen LogP contribution in [0.2, 0.25) is 0 Å². The van der Waals surface area contributed by atoms with Crippen molar-refractivity contribution in [3.05, 3.63) is 95.8 Å². The molecule has 0 aromatic heterocycles. The Balaban J connectivity index is 1.62. The van der Waals surface area contributed by atoms with Crippen molar-refractivity contribution in [2.24, 2.45) is 0 Å². The van der Waals surface area contributed by atoms with Crippen molar-refractivity contribution in [1.29, 1.82) is 0 Å². The van der Waals surface area contributed by atoms with Gasteiger partial charge in [-0.2, -0.15) is 0 Å². The Morgan fingerprint density at radius 2 is 1.54 bits per heavy atom. The molecule has 0 unspecified atom stereocenters. The van der Waals surface area contributed by atoms with E-state index in [-0.39, 0.29) is 23.3 Å². The van der Waals surface area contributed by atoms with Gasteiger partial charge in [0.2, 0.25) is 5.91 Å². The summed E-state index contributed by atoms with van der Waals surface area (Å²) in [5.41, 5.74) is 1.68. The second-order valence-electron chi connectivity index (χ2n) is 5.57. The molecule has 0 saturated heterocycles. The molecular formula is C21H16FNO2S. The number of rotatable bonds is 6.